The molecule has 0 saturated carbocycles. The number of carboxylic acid groups (broad SMARTS) is 2. The van der Waals surface area contributed by atoms with Gasteiger partial charge in [0.2, 0.25) is 0 Å². The second kappa shape index (κ2) is 46.3. The first-order valence-electron chi connectivity index (χ1n) is 20.2. The molecule has 0 spiro atoms. The molecule has 1 heterocycles. The summed E-state index contributed by atoms with van der Waals surface area (Å²) in [4.78, 5) is 24.2. The van der Waals surface area contributed by atoms with Gasteiger partial charge in [-0.15, -0.1) is 0 Å². The molecule has 7 heteroatoms. The second-order valence-electron chi connectivity index (χ2n) is 13.5. The minimum atomic E-state index is -0.903. The first-order valence-corrected chi connectivity index (χ1v) is 20.2. The minimum Gasteiger partial charge on any atom is -0.550 e. The molecule has 0 unspecified atom stereocenters. The zero-order valence-corrected chi connectivity index (χ0v) is 33.6. The van der Waals surface area contributed by atoms with E-state index in [2.05, 4.69) is 18.8 Å². The van der Waals surface area contributed by atoms with E-state index in [9.17, 15) is 19.8 Å². The Hall–Kier alpha value is -1.65. The Morgan fingerprint density at radius 3 is 0.980 bits per heavy atom. The number of aromatic nitrogens is 1. The van der Waals surface area contributed by atoms with Gasteiger partial charge < -0.3 is 19.8 Å². The molecular formula is C42H74MgN2O4. The number of nitriles is 1. The number of aliphatic carboxylic acids is 2. The zero-order chi connectivity index (χ0) is 35.6. The second-order valence-corrected chi connectivity index (χ2v) is 13.5. The van der Waals surface area contributed by atoms with Crippen LogP contribution in [-0.4, -0.2) is 40.0 Å². The number of pyridine rings is 1. The maximum absolute atomic E-state index is 10.2. The van der Waals surface area contributed by atoms with Crippen molar-refractivity contribution in [3.05, 3.63) is 30.1 Å². The number of unbranched alkanes of at least 4 members (excludes halogenated alkanes) is 28. The van der Waals surface area contributed by atoms with Gasteiger partial charge in [0.25, 0.3) is 0 Å². The summed E-state index contributed by atoms with van der Waals surface area (Å²) in [6.45, 7) is 4.53. The molecule has 0 aromatic carbocycles. The van der Waals surface area contributed by atoms with Crippen molar-refractivity contribution >= 4 is 35.0 Å². The predicted molar refractivity (Wildman–Crippen MR) is 204 cm³/mol. The van der Waals surface area contributed by atoms with Crippen molar-refractivity contribution in [1.82, 2.24) is 4.98 Å². The van der Waals surface area contributed by atoms with Crippen molar-refractivity contribution in [3.8, 4) is 6.07 Å². The van der Waals surface area contributed by atoms with Gasteiger partial charge in [0, 0.05) is 24.3 Å². The SMILES string of the molecule is CCCCCCCCCCCCCCCCCC(=O)[O-].CCCCCCCCCCCCCCCCCC(=O)[O-].N#Cc1cccnc1.[Mg+2]. The smallest absolute Gasteiger partial charge is 0.550 e. The number of nitrogens with zero attached hydrogens (tertiary/aromatic N) is 2. The summed E-state index contributed by atoms with van der Waals surface area (Å²) in [6.07, 6.45) is 42.9. The number of carbonyl (C=O) groups is 2. The standard InChI is InChI=1S/2C18H36O2.C6H4N2.Mg/c2*1-2-3-4-5-6-7-8-9-10-11-12-13-14-15-16-17-18(19)20;7-4-6-2-1-3-8-5-6;/h2*2-17H2,1H3,(H,19,20);1-3,5H;/q;;;+2/p-2. The average molecular weight is 695 g/mol. The Morgan fingerprint density at radius 1 is 0.531 bits per heavy atom. The topological polar surface area (TPSA) is 117 Å². The molecular weight excluding hydrogens is 621 g/mol. The third-order valence-corrected chi connectivity index (χ3v) is 8.76. The van der Waals surface area contributed by atoms with Crippen molar-refractivity contribution in [2.45, 2.75) is 219 Å². The quantitative estimate of drug-likeness (QED) is 0.0547. The van der Waals surface area contributed by atoms with Gasteiger partial charge in [0.1, 0.15) is 6.07 Å². The Kier molecular flexibility index (Phi) is 48.9. The molecule has 0 aliphatic carbocycles. The zero-order valence-electron chi connectivity index (χ0n) is 32.2. The maximum Gasteiger partial charge on any atom is 2.00 e. The number of hydrogen-bond donors (Lipinski definition) is 0. The van der Waals surface area contributed by atoms with Gasteiger partial charge >= 0.3 is 23.1 Å². The Labute approximate surface area is 319 Å². The van der Waals surface area contributed by atoms with Crippen LogP contribution in [0.25, 0.3) is 0 Å². The normalized spacial score (nSPS) is 10.1. The van der Waals surface area contributed by atoms with Crippen molar-refractivity contribution in [2.75, 3.05) is 0 Å². The van der Waals surface area contributed by atoms with Crippen LogP contribution in [0, 0.1) is 11.3 Å². The Bertz CT molecular complexity index is 788. The molecule has 0 aliphatic heterocycles. The molecule has 0 fully saturated rings. The number of hydrogen-bond acceptors (Lipinski definition) is 6. The predicted octanol–water partition coefficient (Wildman–Crippen LogP) is 10.6. The van der Waals surface area contributed by atoms with E-state index in [0.29, 0.717) is 5.56 Å². The van der Waals surface area contributed by atoms with Gasteiger partial charge in [-0.3, -0.25) is 4.98 Å². The first-order chi connectivity index (χ1) is 23.5. The van der Waals surface area contributed by atoms with Crippen molar-refractivity contribution in [3.63, 3.8) is 0 Å². The van der Waals surface area contributed by atoms with E-state index in [4.69, 9.17) is 5.26 Å². The molecule has 1 aromatic heterocycles. The Balaban J connectivity index is -0.000000693. The molecule has 0 amide bonds. The van der Waals surface area contributed by atoms with Crippen LogP contribution in [0.4, 0.5) is 0 Å². The van der Waals surface area contributed by atoms with Gasteiger partial charge in [-0.2, -0.15) is 5.26 Å². The fourth-order valence-corrected chi connectivity index (χ4v) is 5.71. The summed E-state index contributed by atoms with van der Waals surface area (Å²) >= 11 is 0. The molecule has 278 valence electrons. The molecule has 6 nitrogen and oxygen atoms in total. The van der Waals surface area contributed by atoms with E-state index >= 15 is 0 Å². The van der Waals surface area contributed by atoms with Gasteiger partial charge in [0.05, 0.1) is 5.56 Å². The molecule has 0 saturated heterocycles. The molecule has 0 radical (unpaired) electrons. The fourth-order valence-electron chi connectivity index (χ4n) is 5.71. The van der Waals surface area contributed by atoms with Crippen LogP contribution in [0.5, 0.6) is 0 Å². The van der Waals surface area contributed by atoms with Crippen LogP contribution in [0.2, 0.25) is 0 Å². The van der Waals surface area contributed by atoms with Crippen LogP contribution < -0.4 is 10.2 Å². The van der Waals surface area contributed by atoms with E-state index in [0.717, 1.165) is 25.7 Å². The minimum absolute atomic E-state index is 0. The van der Waals surface area contributed by atoms with Crippen molar-refractivity contribution < 1.29 is 19.8 Å². The van der Waals surface area contributed by atoms with Gasteiger partial charge in [-0.05, 0) is 37.8 Å². The third-order valence-electron chi connectivity index (χ3n) is 8.76. The summed E-state index contributed by atoms with van der Waals surface area (Å²) in [5.74, 6) is -1.81. The maximum atomic E-state index is 10.2. The largest absolute Gasteiger partial charge is 2.00 e. The van der Waals surface area contributed by atoms with Crippen molar-refractivity contribution in [1.29, 1.82) is 5.26 Å². The van der Waals surface area contributed by atoms with Gasteiger partial charge in [-0.25, -0.2) is 0 Å². The third kappa shape index (κ3) is 50.8. The van der Waals surface area contributed by atoms with Crippen LogP contribution in [-0.2, 0) is 9.59 Å². The summed E-state index contributed by atoms with van der Waals surface area (Å²) in [5.41, 5.74) is 0.604. The number of rotatable bonds is 32. The molecule has 49 heavy (non-hydrogen) atoms. The summed E-state index contributed by atoms with van der Waals surface area (Å²) in [7, 11) is 0. The molecule has 0 aliphatic rings. The molecule has 0 bridgehead atoms. The monoisotopic (exact) mass is 695 g/mol. The van der Waals surface area contributed by atoms with E-state index in [-0.39, 0.29) is 35.9 Å². The molecule has 0 atom stereocenters. The van der Waals surface area contributed by atoms with Gasteiger partial charge in [0.15, 0.2) is 0 Å². The first kappa shape index (κ1) is 51.7. The van der Waals surface area contributed by atoms with E-state index < -0.39 is 11.9 Å². The summed E-state index contributed by atoms with van der Waals surface area (Å²) < 4.78 is 0. The molecule has 0 N–H and O–H groups in total. The number of carboxylic acids is 2. The van der Waals surface area contributed by atoms with Crippen LogP contribution in [0.3, 0.4) is 0 Å². The molecule has 1 rings (SSSR count). The molecule has 1 aromatic rings. The van der Waals surface area contributed by atoms with Crippen LogP contribution in [0.1, 0.15) is 225 Å². The van der Waals surface area contributed by atoms with E-state index in [1.54, 1.807) is 18.3 Å². The van der Waals surface area contributed by atoms with Gasteiger partial charge in [-0.1, -0.05) is 194 Å². The fraction of sp³-hybridized carbons (Fsp3) is 0.810. The van der Waals surface area contributed by atoms with E-state index in [1.165, 1.54) is 173 Å². The van der Waals surface area contributed by atoms with Crippen LogP contribution in [0.15, 0.2) is 24.5 Å². The summed E-state index contributed by atoms with van der Waals surface area (Å²) in [5, 5.41) is 28.7. The summed E-state index contributed by atoms with van der Waals surface area (Å²) in [6, 6.07) is 5.41. The van der Waals surface area contributed by atoms with Crippen LogP contribution >= 0.6 is 0 Å². The van der Waals surface area contributed by atoms with Crippen molar-refractivity contribution in [2.24, 2.45) is 0 Å². The number of carbonyl (C=O) groups excluding carboxylic acids is 2. The van der Waals surface area contributed by atoms with E-state index in [1.807, 2.05) is 6.07 Å². The average Bonchev–Trinajstić information content (AvgIpc) is 3.09. The Morgan fingerprint density at radius 2 is 0.796 bits per heavy atom.